The molecule has 0 spiro atoms. The molecule has 1 aromatic carbocycles. The second-order valence-corrected chi connectivity index (χ2v) is 6.54. The number of carbonyl (C=O) groups is 2. The molecular formula is C15H12FN5O2S2. The van der Waals surface area contributed by atoms with Crippen LogP contribution in [0.4, 0.5) is 25.1 Å². The lowest BCUT2D eigenvalue weighted by Gasteiger charge is -2.05. The van der Waals surface area contributed by atoms with Crippen LogP contribution in [0.3, 0.4) is 0 Å². The summed E-state index contributed by atoms with van der Waals surface area (Å²) >= 11 is 2.53. The van der Waals surface area contributed by atoms with E-state index in [1.807, 2.05) is 0 Å². The number of amides is 3. The van der Waals surface area contributed by atoms with E-state index < -0.39 is 6.03 Å². The molecule has 3 rings (SSSR count). The molecule has 0 saturated carbocycles. The van der Waals surface area contributed by atoms with E-state index in [4.69, 9.17) is 0 Å². The average Bonchev–Trinajstić information content (AvgIpc) is 3.22. The van der Waals surface area contributed by atoms with E-state index in [-0.39, 0.29) is 18.1 Å². The molecule has 3 aromatic rings. The van der Waals surface area contributed by atoms with Crippen molar-refractivity contribution in [2.24, 2.45) is 0 Å². The molecule has 7 nitrogen and oxygen atoms in total. The maximum Gasteiger partial charge on any atom is 0.325 e. The van der Waals surface area contributed by atoms with Crippen LogP contribution in [0, 0.1) is 5.82 Å². The molecule has 0 saturated heterocycles. The van der Waals surface area contributed by atoms with E-state index >= 15 is 0 Å². The third-order valence-electron chi connectivity index (χ3n) is 2.89. The predicted octanol–water partition coefficient (Wildman–Crippen LogP) is 3.56. The molecule has 0 bridgehead atoms. The van der Waals surface area contributed by atoms with Gasteiger partial charge in [0.25, 0.3) is 0 Å². The highest BCUT2D eigenvalue weighted by Gasteiger charge is 2.11. The van der Waals surface area contributed by atoms with Crippen LogP contribution in [0.1, 0.15) is 5.69 Å². The van der Waals surface area contributed by atoms with Gasteiger partial charge in [0.05, 0.1) is 12.1 Å². The normalized spacial score (nSPS) is 10.3. The highest BCUT2D eigenvalue weighted by Crippen LogP contribution is 2.17. The van der Waals surface area contributed by atoms with Crippen molar-refractivity contribution in [3.8, 4) is 0 Å². The highest BCUT2D eigenvalue weighted by atomic mass is 32.1. The summed E-state index contributed by atoms with van der Waals surface area (Å²) in [6, 6.07) is 4.90. The van der Waals surface area contributed by atoms with Crippen molar-refractivity contribution in [3.05, 3.63) is 52.7 Å². The van der Waals surface area contributed by atoms with Gasteiger partial charge < -0.3 is 10.6 Å². The Bertz CT molecular complexity index is 864. The smallest absolute Gasteiger partial charge is 0.308 e. The molecule has 2 aromatic heterocycles. The van der Waals surface area contributed by atoms with E-state index in [0.717, 1.165) is 0 Å². The van der Waals surface area contributed by atoms with Crippen LogP contribution >= 0.6 is 22.7 Å². The summed E-state index contributed by atoms with van der Waals surface area (Å²) in [7, 11) is 0. The van der Waals surface area contributed by atoms with Gasteiger partial charge in [-0.05, 0) is 24.3 Å². The number of carbonyl (C=O) groups excluding carboxylic acids is 2. The van der Waals surface area contributed by atoms with Crippen molar-refractivity contribution < 1.29 is 14.0 Å². The number of nitrogens with one attached hydrogen (secondary N) is 3. The molecule has 0 aliphatic rings. The number of anilines is 3. The molecule has 0 radical (unpaired) electrons. The summed E-state index contributed by atoms with van der Waals surface area (Å²) in [5.74, 6) is -0.617. The zero-order valence-corrected chi connectivity index (χ0v) is 14.3. The van der Waals surface area contributed by atoms with Crippen LogP contribution in [0.2, 0.25) is 0 Å². The lowest BCUT2D eigenvalue weighted by atomic mass is 10.3. The molecule has 0 atom stereocenters. The molecular weight excluding hydrogens is 365 g/mol. The van der Waals surface area contributed by atoms with Crippen molar-refractivity contribution in [1.29, 1.82) is 0 Å². The predicted molar refractivity (Wildman–Crippen MR) is 95.6 cm³/mol. The Morgan fingerprint density at radius 2 is 1.84 bits per heavy atom. The van der Waals surface area contributed by atoms with Crippen LogP contribution in [-0.4, -0.2) is 21.9 Å². The van der Waals surface area contributed by atoms with Crippen molar-refractivity contribution in [2.45, 2.75) is 6.42 Å². The van der Waals surface area contributed by atoms with E-state index in [1.165, 1.54) is 46.9 Å². The first-order chi connectivity index (χ1) is 12.1. The Kier molecular flexibility index (Phi) is 5.31. The van der Waals surface area contributed by atoms with Crippen molar-refractivity contribution in [2.75, 3.05) is 16.0 Å². The van der Waals surface area contributed by atoms with Gasteiger partial charge in [-0.1, -0.05) is 0 Å². The van der Waals surface area contributed by atoms with Gasteiger partial charge in [-0.3, -0.25) is 10.1 Å². The van der Waals surface area contributed by atoms with Gasteiger partial charge in [0.15, 0.2) is 10.3 Å². The number of aromatic nitrogens is 2. The highest BCUT2D eigenvalue weighted by molar-refractivity contribution is 7.14. The minimum Gasteiger partial charge on any atom is -0.308 e. The SMILES string of the molecule is O=C(Cc1csc(NC(=O)Nc2ccc(F)cc2)n1)Nc1nccs1. The number of nitrogens with zero attached hydrogens (tertiary/aromatic N) is 2. The molecule has 0 fully saturated rings. The third-order valence-corrected chi connectivity index (χ3v) is 4.39. The van der Waals surface area contributed by atoms with E-state index in [1.54, 1.807) is 17.0 Å². The molecule has 128 valence electrons. The molecule has 2 heterocycles. The number of rotatable bonds is 5. The Hall–Kier alpha value is -2.85. The van der Waals surface area contributed by atoms with Crippen LogP contribution in [0.25, 0.3) is 0 Å². The van der Waals surface area contributed by atoms with Crippen LogP contribution < -0.4 is 16.0 Å². The maximum atomic E-state index is 12.8. The molecule has 0 unspecified atom stereocenters. The third kappa shape index (κ3) is 5.06. The van der Waals surface area contributed by atoms with Gasteiger partial charge in [-0.25, -0.2) is 19.2 Å². The zero-order chi connectivity index (χ0) is 17.6. The second kappa shape index (κ2) is 7.81. The number of thiazole rings is 2. The molecule has 3 N–H and O–H groups in total. The first-order valence-corrected chi connectivity index (χ1v) is 8.82. The van der Waals surface area contributed by atoms with E-state index in [0.29, 0.717) is 21.6 Å². The van der Waals surface area contributed by atoms with Crippen LogP contribution in [0.15, 0.2) is 41.2 Å². The fourth-order valence-electron chi connectivity index (χ4n) is 1.85. The summed E-state index contributed by atoms with van der Waals surface area (Å²) in [4.78, 5) is 31.9. The van der Waals surface area contributed by atoms with E-state index in [9.17, 15) is 14.0 Å². The summed E-state index contributed by atoms with van der Waals surface area (Å²) in [5, 5.41) is 12.1. The van der Waals surface area contributed by atoms with Gasteiger partial charge in [0.1, 0.15) is 5.82 Å². The first kappa shape index (κ1) is 17.0. The number of urea groups is 1. The van der Waals surface area contributed by atoms with Gasteiger partial charge >= 0.3 is 6.03 Å². The minimum atomic E-state index is -0.500. The fourth-order valence-corrected chi connectivity index (χ4v) is 3.10. The summed E-state index contributed by atoms with van der Waals surface area (Å²) in [5.41, 5.74) is 0.995. The minimum absolute atomic E-state index is 0.0807. The van der Waals surface area contributed by atoms with Gasteiger partial charge in [0.2, 0.25) is 5.91 Å². The second-order valence-electron chi connectivity index (χ2n) is 4.79. The van der Waals surface area contributed by atoms with Crippen LogP contribution in [0.5, 0.6) is 0 Å². The summed E-state index contributed by atoms with van der Waals surface area (Å²) in [6.45, 7) is 0. The quantitative estimate of drug-likeness (QED) is 0.633. The topological polar surface area (TPSA) is 96.0 Å². The molecule has 0 aliphatic carbocycles. The van der Waals surface area contributed by atoms with Gasteiger partial charge in [0, 0.05) is 22.6 Å². The Labute approximate surface area is 149 Å². The number of halogens is 1. The Morgan fingerprint density at radius 3 is 2.56 bits per heavy atom. The Morgan fingerprint density at radius 1 is 1.04 bits per heavy atom. The number of hydrogen-bond acceptors (Lipinski definition) is 6. The van der Waals surface area contributed by atoms with Gasteiger partial charge in [-0.2, -0.15) is 0 Å². The fraction of sp³-hybridized carbons (Fsp3) is 0.0667. The van der Waals surface area contributed by atoms with Crippen molar-refractivity contribution in [1.82, 2.24) is 9.97 Å². The average molecular weight is 377 g/mol. The molecule has 3 amide bonds. The largest absolute Gasteiger partial charge is 0.325 e. The van der Waals surface area contributed by atoms with Gasteiger partial charge in [-0.15, -0.1) is 22.7 Å². The number of hydrogen-bond donors (Lipinski definition) is 3. The first-order valence-electron chi connectivity index (χ1n) is 7.06. The summed E-state index contributed by atoms with van der Waals surface area (Å²) < 4.78 is 12.8. The Balaban J connectivity index is 1.51. The molecule has 25 heavy (non-hydrogen) atoms. The molecule has 10 heteroatoms. The van der Waals surface area contributed by atoms with Crippen molar-refractivity contribution in [3.63, 3.8) is 0 Å². The lowest BCUT2D eigenvalue weighted by Crippen LogP contribution is -2.19. The zero-order valence-electron chi connectivity index (χ0n) is 12.7. The van der Waals surface area contributed by atoms with Crippen molar-refractivity contribution >= 4 is 50.6 Å². The van der Waals surface area contributed by atoms with E-state index in [2.05, 4.69) is 25.9 Å². The maximum absolute atomic E-state index is 12.8. The summed E-state index contributed by atoms with van der Waals surface area (Å²) in [6.07, 6.45) is 1.68. The standard InChI is InChI=1S/C15H12FN5O2S2/c16-9-1-3-10(4-2-9)18-13(23)21-15-19-11(8-25-15)7-12(22)20-14-17-5-6-24-14/h1-6,8H,7H2,(H,17,20,22)(H2,18,19,21,23). The monoisotopic (exact) mass is 377 g/mol. The number of benzene rings is 1. The molecule has 0 aliphatic heterocycles. The van der Waals surface area contributed by atoms with Crippen LogP contribution in [-0.2, 0) is 11.2 Å². The lowest BCUT2D eigenvalue weighted by molar-refractivity contribution is -0.115.